The molecule has 3 nitrogen and oxygen atoms in total. The number of hydrogen-bond donors (Lipinski definition) is 0. The predicted molar refractivity (Wildman–Crippen MR) is 71.8 cm³/mol. The molecule has 1 aromatic rings. The van der Waals surface area contributed by atoms with Crippen LogP contribution in [0.5, 0.6) is 5.75 Å². The second-order valence-electron chi connectivity index (χ2n) is 4.98. The Labute approximate surface area is 121 Å². The molecule has 6 heteroatoms. The highest BCUT2D eigenvalue weighted by Crippen LogP contribution is 2.30. The Hall–Kier alpha value is -1.98. The first-order valence-corrected chi connectivity index (χ1v) is 6.61. The Kier molecular flexibility index (Phi) is 4.55. The molecule has 1 saturated heterocycles. The number of ether oxygens (including phenoxy) is 1. The van der Waals surface area contributed by atoms with E-state index in [1.165, 1.54) is 18.2 Å². The first-order chi connectivity index (χ1) is 9.90. The molecule has 1 aromatic carbocycles. The summed E-state index contributed by atoms with van der Waals surface area (Å²) in [6.07, 6.45) is -2.24. The topological polar surface area (TPSA) is 29.5 Å². The van der Waals surface area contributed by atoms with Crippen LogP contribution in [-0.2, 0) is 11.0 Å². The van der Waals surface area contributed by atoms with Crippen molar-refractivity contribution in [3.8, 4) is 5.75 Å². The highest BCUT2D eigenvalue weighted by molar-refractivity contribution is 5.87. The van der Waals surface area contributed by atoms with Gasteiger partial charge in [0.15, 0.2) is 0 Å². The van der Waals surface area contributed by atoms with Gasteiger partial charge in [0.1, 0.15) is 5.75 Å². The van der Waals surface area contributed by atoms with Crippen LogP contribution < -0.4 is 4.74 Å². The number of benzene rings is 1. The summed E-state index contributed by atoms with van der Waals surface area (Å²) in [7, 11) is 0. The summed E-state index contributed by atoms with van der Waals surface area (Å²) >= 11 is 0. The van der Waals surface area contributed by atoms with E-state index in [0.29, 0.717) is 25.4 Å². The van der Waals surface area contributed by atoms with E-state index in [0.717, 1.165) is 18.6 Å². The minimum absolute atomic E-state index is 0.105. The van der Waals surface area contributed by atoms with Gasteiger partial charge in [-0.1, -0.05) is 6.58 Å². The van der Waals surface area contributed by atoms with E-state index in [2.05, 4.69) is 6.58 Å². The summed E-state index contributed by atoms with van der Waals surface area (Å²) in [6, 6.07) is 4.62. The Morgan fingerprint density at radius 1 is 1.38 bits per heavy atom. The summed E-state index contributed by atoms with van der Waals surface area (Å²) in [4.78, 5) is 13.1. The molecule has 0 unspecified atom stereocenters. The molecule has 114 valence electrons. The third-order valence-electron chi connectivity index (χ3n) is 3.44. The standard InChI is InChI=1S/C15H16F3NO2/c1-2-14(20)19-8-7-11(9-19)10-21-13-5-3-12(4-6-13)15(16,17)18/h2-6,11H,1,7-10H2/t11-/m0/s1. The molecule has 21 heavy (non-hydrogen) atoms. The summed E-state index contributed by atoms with van der Waals surface area (Å²) in [6.45, 7) is 5.07. The van der Waals surface area contributed by atoms with Crippen LogP contribution in [0.2, 0.25) is 0 Å². The van der Waals surface area contributed by atoms with Crippen molar-refractivity contribution in [3.05, 3.63) is 42.5 Å². The van der Waals surface area contributed by atoms with Crippen LogP contribution >= 0.6 is 0 Å². The molecular weight excluding hydrogens is 283 g/mol. The van der Waals surface area contributed by atoms with Gasteiger partial charge in [-0.2, -0.15) is 13.2 Å². The second-order valence-corrected chi connectivity index (χ2v) is 4.98. The number of amides is 1. The third-order valence-corrected chi connectivity index (χ3v) is 3.44. The van der Waals surface area contributed by atoms with Crippen molar-refractivity contribution in [3.63, 3.8) is 0 Å². The lowest BCUT2D eigenvalue weighted by Crippen LogP contribution is -2.27. The number of carbonyl (C=O) groups excluding carboxylic acids is 1. The number of rotatable bonds is 4. The molecule has 0 N–H and O–H groups in total. The SMILES string of the molecule is C=CC(=O)N1CC[C@H](COc2ccc(C(F)(F)F)cc2)C1. The van der Waals surface area contributed by atoms with Crippen molar-refractivity contribution in [2.75, 3.05) is 19.7 Å². The van der Waals surface area contributed by atoms with Crippen molar-refractivity contribution < 1.29 is 22.7 Å². The highest BCUT2D eigenvalue weighted by atomic mass is 19.4. The molecule has 0 bridgehead atoms. The lowest BCUT2D eigenvalue weighted by Gasteiger charge is -2.15. The van der Waals surface area contributed by atoms with Gasteiger partial charge in [-0.3, -0.25) is 4.79 Å². The quantitative estimate of drug-likeness (QED) is 0.800. The molecule has 0 aliphatic carbocycles. The molecule has 0 spiro atoms. The molecule has 1 aliphatic heterocycles. The number of halogens is 3. The molecule has 0 radical (unpaired) electrons. The van der Waals surface area contributed by atoms with Crippen LogP contribution in [0, 0.1) is 5.92 Å². The van der Waals surface area contributed by atoms with Crippen LogP contribution in [0.15, 0.2) is 36.9 Å². The van der Waals surface area contributed by atoms with Gasteiger partial charge < -0.3 is 9.64 Å². The average molecular weight is 299 g/mol. The molecule has 0 saturated carbocycles. The van der Waals surface area contributed by atoms with Crippen molar-refractivity contribution >= 4 is 5.91 Å². The molecule has 1 atom stereocenters. The zero-order valence-corrected chi connectivity index (χ0v) is 11.4. The Balaban J connectivity index is 1.84. The largest absolute Gasteiger partial charge is 0.493 e. The van der Waals surface area contributed by atoms with Crippen LogP contribution in [0.25, 0.3) is 0 Å². The smallest absolute Gasteiger partial charge is 0.416 e. The van der Waals surface area contributed by atoms with E-state index in [1.807, 2.05) is 0 Å². The van der Waals surface area contributed by atoms with Crippen LogP contribution in [0.4, 0.5) is 13.2 Å². The van der Waals surface area contributed by atoms with Gasteiger partial charge in [0.2, 0.25) is 5.91 Å². The van der Waals surface area contributed by atoms with E-state index in [9.17, 15) is 18.0 Å². The van der Waals surface area contributed by atoms with Gasteiger partial charge in [0.05, 0.1) is 12.2 Å². The van der Waals surface area contributed by atoms with Crippen LogP contribution in [0.1, 0.15) is 12.0 Å². The number of carbonyl (C=O) groups is 1. The maximum atomic E-state index is 12.4. The summed E-state index contributed by atoms with van der Waals surface area (Å²) < 4.78 is 42.7. The van der Waals surface area contributed by atoms with Gasteiger partial charge in [-0.05, 0) is 36.8 Å². The summed E-state index contributed by atoms with van der Waals surface area (Å²) in [5, 5.41) is 0. The van der Waals surface area contributed by atoms with Crippen LogP contribution in [-0.4, -0.2) is 30.5 Å². The van der Waals surface area contributed by atoms with E-state index >= 15 is 0 Å². The fourth-order valence-corrected chi connectivity index (χ4v) is 2.25. The van der Waals surface area contributed by atoms with E-state index < -0.39 is 11.7 Å². The van der Waals surface area contributed by atoms with Gasteiger partial charge >= 0.3 is 6.18 Å². The number of likely N-dealkylation sites (tertiary alicyclic amines) is 1. The highest BCUT2D eigenvalue weighted by Gasteiger charge is 2.30. The first-order valence-electron chi connectivity index (χ1n) is 6.61. The third kappa shape index (κ3) is 4.00. The lowest BCUT2D eigenvalue weighted by atomic mass is 10.1. The zero-order valence-electron chi connectivity index (χ0n) is 11.4. The minimum Gasteiger partial charge on any atom is -0.493 e. The molecular formula is C15H16F3NO2. The predicted octanol–water partition coefficient (Wildman–Crippen LogP) is 3.12. The van der Waals surface area contributed by atoms with Crippen molar-refractivity contribution in [1.82, 2.24) is 4.90 Å². The summed E-state index contributed by atoms with van der Waals surface area (Å²) in [5.41, 5.74) is -0.696. The van der Waals surface area contributed by atoms with Gasteiger partial charge in [-0.25, -0.2) is 0 Å². The lowest BCUT2D eigenvalue weighted by molar-refractivity contribution is -0.137. The maximum absolute atomic E-state index is 12.4. The van der Waals surface area contributed by atoms with E-state index in [1.54, 1.807) is 4.90 Å². The van der Waals surface area contributed by atoms with Crippen molar-refractivity contribution in [2.24, 2.45) is 5.92 Å². The Bertz CT molecular complexity index is 511. The number of hydrogen-bond acceptors (Lipinski definition) is 2. The fraction of sp³-hybridized carbons (Fsp3) is 0.400. The van der Waals surface area contributed by atoms with Gasteiger partial charge in [-0.15, -0.1) is 0 Å². The normalized spacial score (nSPS) is 18.6. The van der Waals surface area contributed by atoms with Crippen molar-refractivity contribution in [2.45, 2.75) is 12.6 Å². The fourth-order valence-electron chi connectivity index (χ4n) is 2.25. The molecule has 0 aromatic heterocycles. The van der Waals surface area contributed by atoms with Gasteiger partial charge in [0.25, 0.3) is 0 Å². The molecule has 1 amide bonds. The number of nitrogens with zero attached hydrogens (tertiary/aromatic N) is 1. The molecule has 2 rings (SSSR count). The van der Waals surface area contributed by atoms with Crippen molar-refractivity contribution in [1.29, 1.82) is 0 Å². The first kappa shape index (κ1) is 15.4. The monoisotopic (exact) mass is 299 g/mol. The van der Waals surface area contributed by atoms with E-state index in [4.69, 9.17) is 4.74 Å². The Morgan fingerprint density at radius 2 is 2.05 bits per heavy atom. The maximum Gasteiger partial charge on any atom is 0.416 e. The second kappa shape index (κ2) is 6.20. The van der Waals surface area contributed by atoms with Crippen LogP contribution in [0.3, 0.4) is 0 Å². The number of alkyl halides is 3. The average Bonchev–Trinajstić information content (AvgIpc) is 2.92. The van der Waals surface area contributed by atoms with Gasteiger partial charge in [0, 0.05) is 19.0 Å². The minimum atomic E-state index is -4.34. The molecule has 1 aliphatic rings. The molecule has 1 heterocycles. The Morgan fingerprint density at radius 3 is 2.62 bits per heavy atom. The molecule has 1 fully saturated rings. The van der Waals surface area contributed by atoms with E-state index in [-0.39, 0.29) is 11.8 Å². The zero-order chi connectivity index (χ0) is 15.5. The summed E-state index contributed by atoms with van der Waals surface area (Å²) in [5.74, 6) is 0.486.